The zero-order valence-electron chi connectivity index (χ0n) is 15.7. The SMILES string of the molecule is CN(C)S(=O)(=O)c1cccc(CN2C(=O)N[C@]3(CCc4ccccc43)C2=O)c1. The molecule has 1 aliphatic heterocycles. The normalized spacial score (nSPS) is 21.5. The summed E-state index contributed by atoms with van der Waals surface area (Å²) in [6, 6.07) is 13.5. The Hall–Kier alpha value is -2.71. The quantitative estimate of drug-likeness (QED) is 0.795. The predicted molar refractivity (Wildman–Crippen MR) is 103 cm³/mol. The number of nitrogens with one attached hydrogen (secondary N) is 1. The van der Waals surface area contributed by atoms with Crippen LogP contribution in [-0.4, -0.2) is 43.7 Å². The maximum absolute atomic E-state index is 13.2. The molecule has 2 aromatic carbocycles. The first-order valence-electron chi connectivity index (χ1n) is 9.00. The number of benzene rings is 2. The summed E-state index contributed by atoms with van der Waals surface area (Å²) in [5.41, 5.74) is 1.48. The molecular weight excluding hydrogens is 378 g/mol. The second-order valence-corrected chi connectivity index (χ2v) is 9.47. The van der Waals surface area contributed by atoms with Crippen molar-refractivity contribution in [1.29, 1.82) is 0 Å². The molecule has 7 nitrogen and oxygen atoms in total. The fourth-order valence-electron chi connectivity index (χ4n) is 3.93. The van der Waals surface area contributed by atoms with Gasteiger partial charge in [0.1, 0.15) is 5.54 Å². The molecule has 0 radical (unpaired) electrons. The molecule has 2 aliphatic rings. The highest BCUT2D eigenvalue weighted by Crippen LogP contribution is 2.41. The molecule has 0 bridgehead atoms. The van der Waals surface area contributed by atoms with Gasteiger partial charge >= 0.3 is 6.03 Å². The van der Waals surface area contributed by atoms with Crippen LogP contribution in [0.15, 0.2) is 53.4 Å². The monoisotopic (exact) mass is 399 g/mol. The van der Waals surface area contributed by atoms with Crippen molar-refractivity contribution in [1.82, 2.24) is 14.5 Å². The molecule has 28 heavy (non-hydrogen) atoms. The number of carbonyl (C=O) groups excluding carboxylic acids is 2. The first-order valence-corrected chi connectivity index (χ1v) is 10.4. The zero-order chi connectivity index (χ0) is 20.1. The predicted octanol–water partition coefficient (Wildman–Crippen LogP) is 1.83. The van der Waals surface area contributed by atoms with Crippen molar-refractivity contribution in [2.45, 2.75) is 29.8 Å². The van der Waals surface area contributed by atoms with Gasteiger partial charge in [-0.15, -0.1) is 0 Å². The Labute approximate surface area is 164 Å². The van der Waals surface area contributed by atoms with E-state index in [0.717, 1.165) is 21.9 Å². The molecule has 1 aliphatic carbocycles. The van der Waals surface area contributed by atoms with E-state index in [4.69, 9.17) is 0 Å². The van der Waals surface area contributed by atoms with E-state index in [0.29, 0.717) is 12.0 Å². The first kappa shape index (κ1) is 18.6. The largest absolute Gasteiger partial charge is 0.325 e. The van der Waals surface area contributed by atoms with Crippen molar-refractivity contribution >= 4 is 22.0 Å². The summed E-state index contributed by atoms with van der Waals surface area (Å²) in [6.45, 7) is 0.0192. The molecule has 1 spiro atoms. The van der Waals surface area contributed by atoms with E-state index in [1.807, 2.05) is 24.3 Å². The molecule has 0 aromatic heterocycles. The lowest BCUT2D eigenvalue weighted by atomic mass is 9.92. The van der Waals surface area contributed by atoms with Gasteiger partial charge in [-0.25, -0.2) is 17.5 Å². The van der Waals surface area contributed by atoms with Gasteiger partial charge in [-0.05, 0) is 41.7 Å². The standard InChI is InChI=1S/C20H21N3O4S/c1-22(2)28(26,27)16-8-5-6-14(12-16)13-23-18(24)20(21-19(23)25)11-10-15-7-3-4-9-17(15)20/h3-9,12H,10-11,13H2,1-2H3,(H,21,25)/t20-/m0/s1. The summed E-state index contributed by atoms with van der Waals surface area (Å²) < 4.78 is 25.8. The van der Waals surface area contributed by atoms with Gasteiger partial charge in [-0.3, -0.25) is 9.69 Å². The first-order chi connectivity index (χ1) is 13.3. The Kier molecular flexibility index (Phi) is 4.28. The van der Waals surface area contributed by atoms with Crippen LogP contribution in [0.4, 0.5) is 4.79 Å². The lowest BCUT2D eigenvalue weighted by Crippen LogP contribution is -2.41. The number of imide groups is 1. The topological polar surface area (TPSA) is 86.8 Å². The number of aryl methyl sites for hydroxylation is 1. The van der Waals surface area contributed by atoms with Crippen LogP contribution >= 0.6 is 0 Å². The average Bonchev–Trinajstić information content (AvgIpc) is 3.15. The van der Waals surface area contributed by atoms with Gasteiger partial charge in [0.25, 0.3) is 5.91 Å². The Bertz CT molecular complexity index is 1080. The fraction of sp³-hybridized carbons (Fsp3) is 0.300. The number of sulfonamides is 1. The third-order valence-corrected chi connectivity index (χ3v) is 7.25. The highest BCUT2D eigenvalue weighted by atomic mass is 32.2. The van der Waals surface area contributed by atoms with Crippen LogP contribution in [0.3, 0.4) is 0 Å². The van der Waals surface area contributed by atoms with Crippen LogP contribution in [0.2, 0.25) is 0 Å². The van der Waals surface area contributed by atoms with Gasteiger partial charge < -0.3 is 5.32 Å². The minimum Gasteiger partial charge on any atom is -0.319 e. The van der Waals surface area contributed by atoms with Crippen molar-refractivity contribution in [3.63, 3.8) is 0 Å². The third-order valence-electron chi connectivity index (χ3n) is 5.44. The van der Waals surface area contributed by atoms with E-state index >= 15 is 0 Å². The number of nitrogens with zero attached hydrogens (tertiary/aromatic N) is 2. The van der Waals surface area contributed by atoms with Crippen molar-refractivity contribution in [3.05, 3.63) is 65.2 Å². The van der Waals surface area contributed by atoms with Crippen LogP contribution in [0.5, 0.6) is 0 Å². The summed E-state index contributed by atoms with van der Waals surface area (Å²) in [5.74, 6) is -0.289. The molecule has 1 atom stereocenters. The minimum absolute atomic E-state index is 0.0192. The van der Waals surface area contributed by atoms with Gasteiger partial charge in [0, 0.05) is 14.1 Å². The van der Waals surface area contributed by atoms with Crippen LogP contribution < -0.4 is 5.32 Å². The second kappa shape index (κ2) is 6.42. The zero-order valence-corrected chi connectivity index (χ0v) is 16.5. The molecule has 8 heteroatoms. The molecule has 4 rings (SSSR count). The molecular formula is C20H21N3O4S. The van der Waals surface area contributed by atoms with Crippen LogP contribution in [0, 0.1) is 0 Å². The molecule has 146 valence electrons. The molecule has 1 fully saturated rings. The van der Waals surface area contributed by atoms with Crippen molar-refractivity contribution < 1.29 is 18.0 Å². The van der Waals surface area contributed by atoms with E-state index in [-0.39, 0.29) is 17.3 Å². The molecule has 1 N–H and O–H groups in total. The summed E-state index contributed by atoms with van der Waals surface area (Å²) in [6.07, 6.45) is 1.26. The van der Waals surface area contributed by atoms with Gasteiger partial charge in [0.2, 0.25) is 10.0 Å². The number of fused-ring (bicyclic) bond motifs is 2. The number of rotatable bonds is 4. The van der Waals surface area contributed by atoms with E-state index in [2.05, 4.69) is 5.32 Å². The van der Waals surface area contributed by atoms with E-state index in [9.17, 15) is 18.0 Å². The third kappa shape index (κ3) is 2.71. The highest BCUT2D eigenvalue weighted by Gasteiger charge is 2.55. The lowest BCUT2D eigenvalue weighted by Gasteiger charge is -2.22. The summed E-state index contributed by atoms with van der Waals surface area (Å²) >= 11 is 0. The summed E-state index contributed by atoms with van der Waals surface area (Å²) in [7, 11) is -0.675. The Morgan fingerprint density at radius 2 is 1.86 bits per heavy atom. The van der Waals surface area contributed by atoms with Gasteiger partial charge in [0.15, 0.2) is 0 Å². The molecule has 1 saturated heterocycles. The summed E-state index contributed by atoms with van der Waals surface area (Å²) in [4.78, 5) is 27.1. The van der Waals surface area contributed by atoms with Gasteiger partial charge in [0.05, 0.1) is 11.4 Å². The lowest BCUT2D eigenvalue weighted by molar-refractivity contribution is -0.132. The van der Waals surface area contributed by atoms with Crippen LogP contribution in [-0.2, 0) is 33.3 Å². The fourth-order valence-corrected chi connectivity index (χ4v) is 4.90. The van der Waals surface area contributed by atoms with E-state index in [1.54, 1.807) is 12.1 Å². The minimum atomic E-state index is -3.59. The highest BCUT2D eigenvalue weighted by molar-refractivity contribution is 7.89. The smallest absolute Gasteiger partial charge is 0.319 e. The van der Waals surface area contributed by atoms with E-state index in [1.165, 1.54) is 31.1 Å². The number of amides is 3. The van der Waals surface area contributed by atoms with Crippen molar-refractivity contribution in [2.24, 2.45) is 0 Å². The number of urea groups is 1. The maximum atomic E-state index is 13.2. The second-order valence-electron chi connectivity index (χ2n) is 7.32. The number of hydrogen-bond donors (Lipinski definition) is 1. The molecule has 0 saturated carbocycles. The van der Waals surface area contributed by atoms with Crippen LogP contribution in [0.1, 0.15) is 23.1 Å². The number of carbonyl (C=O) groups is 2. The Balaban J connectivity index is 1.64. The van der Waals surface area contributed by atoms with E-state index < -0.39 is 21.6 Å². The van der Waals surface area contributed by atoms with Gasteiger partial charge in [-0.1, -0.05) is 36.4 Å². The molecule has 1 heterocycles. The van der Waals surface area contributed by atoms with Crippen molar-refractivity contribution in [2.75, 3.05) is 14.1 Å². The molecule has 0 unspecified atom stereocenters. The number of hydrogen-bond acceptors (Lipinski definition) is 4. The average molecular weight is 399 g/mol. The Morgan fingerprint density at radius 3 is 2.61 bits per heavy atom. The van der Waals surface area contributed by atoms with Gasteiger partial charge in [-0.2, -0.15) is 0 Å². The van der Waals surface area contributed by atoms with Crippen LogP contribution in [0.25, 0.3) is 0 Å². The maximum Gasteiger partial charge on any atom is 0.325 e. The summed E-state index contributed by atoms with van der Waals surface area (Å²) in [5, 5.41) is 2.88. The Morgan fingerprint density at radius 1 is 1.11 bits per heavy atom. The molecule has 3 amide bonds. The van der Waals surface area contributed by atoms with Crippen molar-refractivity contribution in [3.8, 4) is 0 Å². The molecule has 2 aromatic rings.